The standard InChI is InChI=1S/C52H34/c1-3-15-36(16-4-1)44-27-14-28-45(37-17-5-2-6-18-37)51(44)52-48-24-11-9-22-46(48)50(47-23-10-12-25-49(47)52)41-32-30-38-33-40(31-29-39(38)34-41)43-26-13-20-35-19-7-8-21-42(35)43/h1-34H/i7D,8D,9D,11D,13D,19D,20D,21D,22D,24D,26D,29D,30D,31D,32D,33D,34D. The van der Waals surface area contributed by atoms with Crippen molar-refractivity contribution >= 4 is 43.1 Å². The maximum atomic E-state index is 9.88. The SMILES string of the molecule is [2H]c1c(-c2c3ccccc3c(-c3c(-c4ccccc4)cccc3-c3ccccc3)c3c([2H])c([2H])c([2H])c([2H])c23)c([2H])c2c([2H])c([2H])c(-c3c([2H])c([2H])c([2H])c4c([2H])c([2H])c([2H])c([2H])c34)c([2H])c2c1[2H]. The first-order chi connectivity index (χ1) is 32.9. The fourth-order valence-electron chi connectivity index (χ4n) is 7.06. The third kappa shape index (κ3) is 5.00. The van der Waals surface area contributed by atoms with E-state index in [2.05, 4.69) is 0 Å². The topological polar surface area (TPSA) is 0 Å². The first kappa shape index (κ1) is 17.4. The lowest BCUT2D eigenvalue weighted by Gasteiger charge is -2.22. The number of hydrogen-bond acceptors (Lipinski definition) is 0. The van der Waals surface area contributed by atoms with E-state index in [1.807, 2.05) is 78.9 Å². The maximum Gasteiger partial charge on any atom is 0.0636 e. The van der Waals surface area contributed by atoms with Gasteiger partial charge in [0.15, 0.2) is 0 Å². The molecule has 0 heterocycles. The minimum absolute atomic E-state index is 0.0120. The molecule has 0 atom stereocenters. The Morgan fingerprint density at radius 2 is 0.788 bits per heavy atom. The van der Waals surface area contributed by atoms with Gasteiger partial charge in [0, 0.05) is 0 Å². The smallest absolute Gasteiger partial charge is 0.0622 e. The van der Waals surface area contributed by atoms with Crippen LogP contribution in [0.4, 0.5) is 0 Å². The van der Waals surface area contributed by atoms with Crippen LogP contribution in [0.25, 0.3) is 98.7 Å². The molecule has 0 saturated carbocycles. The van der Waals surface area contributed by atoms with Crippen LogP contribution in [0, 0.1) is 0 Å². The van der Waals surface area contributed by atoms with E-state index in [-0.39, 0.29) is 21.9 Å². The van der Waals surface area contributed by atoms with Crippen LogP contribution in [-0.4, -0.2) is 0 Å². The van der Waals surface area contributed by atoms with Crippen molar-refractivity contribution < 1.29 is 23.3 Å². The highest BCUT2D eigenvalue weighted by Gasteiger charge is 2.22. The van der Waals surface area contributed by atoms with Crippen molar-refractivity contribution in [3.8, 4) is 55.6 Å². The molecule has 52 heavy (non-hydrogen) atoms. The number of benzene rings is 10. The van der Waals surface area contributed by atoms with Crippen molar-refractivity contribution in [1.29, 1.82) is 0 Å². The predicted molar refractivity (Wildman–Crippen MR) is 224 cm³/mol. The Bertz CT molecular complexity index is 3840. The second-order valence-corrected chi connectivity index (χ2v) is 12.3. The van der Waals surface area contributed by atoms with E-state index in [0.717, 1.165) is 22.3 Å². The molecule has 0 aromatic heterocycles. The molecule has 0 heteroatoms. The fourth-order valence-corrected chi connectivity index (χ4v) is 7.06. The molecule has 0 aliphatic carbocycles. The fraction of sp³-hybridized carbons (Fsp3) is 0. The molecule has 0 aliphatic rings. The van der Waals surface area contributed by atoms with Crippen LogP contribution in [0.2, 0.25) is 0 Å². The first-order valence-electron chi connectivity index (χ1n) is 25.1. The summed E-state index contributed by atoms with van der Waals surface area (Å²) in [6, 6.07) is 20.5. The second-order valence-electron chi connectivity index (χ2n) is 12.3. The van der Waals surface area contributed by atoms with Gasteiger partial charge >= 0.3 is 0 Å². The van der Waals surface area contributed by atoms with Gasteiger partial charge in [-0.1, -0.05) is 194 Å². The van der Waals surface area contributed by atoms with Crippen molar-refractivity contribution in [3.05, 3.63) is 206 Å². The molecule has 0 saturated heterocycles. The Labute approximate surface area is 327 Å². The molecule has 10 aromatic carbocycles. The van der Waals surface area contributed by atoms with E-state index in [1.165, 1.54) is 0 Å². The van der Waals surface area contributed by atoms with Crippen LogP contribution < -0.4 is 0 Å². The van der Waals surface area contributed by atoms with Gasteiger partial charge in [-0.3, -0.25) is 0 Å². The Morgan fingerprint density at radius 3 is 1.46 bits per heavy atom. The quantitative estimate of drug-likeness (QED) is 0.159. The summed E-state index contributed by atoms with van der Waals surface area (Å²) >= 11 is 0. The van der Waals surface area contributed by atoms with Crippen molar-refractivity contribution in [3.63, 3.8) is 0 Å². The summed E-state index contributed by atoms with van der Waals surface area (Å²) in [5, 5.41) is -0.993. The number of rotatable bonds is 5. The van der Waals surface area contributed by atoms with E-state index in [1.54, 1.807) is 24.3 Å². The van der Waals surface area contributed by atoms with Crippen LogP contribution in [0.1, 0.15) is 23.3 Å². The highest BCUT2D eigenvalue weighted by molar-refractivity contribution is 6.24. The molecular weight excluding hydrogens is 625 g/mol. The Kier molecular flexibility index (Phi) is 4.20. The average Bonchev–Trinajstić information content (AvgIpc) is 3.36. The molecular formula is C52H34. The summed E-state index contributed by atoms with van der Waals surface area (Å²) in [4.78, 5) is 0. The van der Waals surface area contributed by atoms with Crippen LogP contribution in [0.3, 0.4) is 0 Å². The zero-order chi connectivity index (χ0) is 49.2. The van der Waals surface area contributed by atoms with Gasteiger partial charge < -0.3 is 0 Å². The number of hydrogen-bond donors (Lipinski definition) is 0. The molecule has 0 aliphatic heterocycles. The summed E-state index contributed by atoms with van der Waals surface area (Å²) in [6.07, 6.45) is 0. The van der Waals surface area contributed by atoms with Gasteiger partial charge in [-0.15, -0.1) is 0 Å². The van der Waals surface area contributed by atoms with Gasteiger partial charge in [0.05, 0.1) is 23.3 Å². The average molecular weight is 676 g/mol. The van der Waals surface area contributed by atoms with Gasteiger partial charge in [0.2, 0.25) is 0 Å². The van der Waals surface area contributed by atoms with Crippen molar-refractivity contribution in [2.45, 2.75) is 0 Å². The molecule has 0 spiro atoms. The van der Waals surface area contributed by atoms with E-state index in [4.69, 9.17) is 12.3 Å². The molecule has 0 bridgehead atoms. The molecule has 0 radical (unpaired) electrons. The lowest BCUT2D eigenvalue weighted by Crippen LogP contribution is -1.95. The lowest BCUT2D eigenvalue weighted by molar-refractivity contribution is 1.58. The van der Waals surface area contributed by atoms with Gasteiger partial charge in [0.25, 0.3) is 0 Å². The van der Waals surface area contributed by atoms with Gasteiger partial charge in [-0.05, 0) is 111 Å². The lowest BCUT2D eigenvalue weighted by atomic mass is 9.81. The third-order valence-electron chi connectivity index (χ3n) is 9.32. The van der Waals surface area contributed by atoms with E-state index in [9.17, 15) is 11.0 Å². The van der Waals surface area contributed by atoms with Gasteiger partial charge in [-0.25, -0.2) is 0 Å². The maximum absolute atomic E-state index is 9.88. The zero-order valence-corrected chi connectivity index (χ0v) is 27.3. The third-order valence-corrected chi connectivity index (χ3v) is 9.32. The largest absolute Gasteiger partial charge is 0.0636 e. The highest BCUT2D eigenvalue weighted by Crippen LogP contribution is 2.49. The minimum Gasteiger partial charge on any atom is -0.0622 e. The monoisotopic (exact) mass is 675 g/mol. The van der Waals surface area contributed by atoms with Crippen molar-refractivity contribution in [1.82, 2.24) is 0 Å². The summed E-state index contributed by atoms with van der Waals surface area (Å²) in [6.45, 7) is 0. The molecule has 10 rings (SSSR count). The zero-order valence-electron chi connectivity index (χ0n) is 44.3. The normalized spacial score (nSPS) is 16.0. The molecule has 0 nitrogen and oxygen atoms in total. The molecule has 0 amide bonds. The summed E-state index contributed by atoms with van der Waals surface area (Å²) < 4.78 is 155. The Hall–Kier alpha value is -6.76. The molecule has 0 unspecified atom stereocenters. The molecule has 10 aromatic rings. The summed E-state index contributed by atoms with van der Waals surface area (Å²) in [7, 11) is 0. The van der Waals surface area contributed by atoms with Crippen LogP contribution >= 0.6 is 0 Å². The molecule has 0 N–H and O–H groups in total. The van der Waals surface area contributed by atoms with E-state index >= 15 is 0 Å². The Balaban J connectivity index is 1.39. The van der Waals surface area contributed by atoms with E-state index < -0.39 is 135 Å². The summed E-state index contributed by atoms with van der Waals surface area (Å²) in [5.41, 5.74) is 2.82. The van der Waals surface area contributed by atoms with E-state index in [0.29, 0.717) is 21.9 Å². The second kappa shape index (κ2) is 12.5. The first-order valence-corrected chi connectivity index (χ1v) is 16.6. The molecule has 0 fully saturated rings. The van der Waals surface area contributed by atoms with Gasteiger partial charge in [0.1, 0.15) is 0 Å². The van der Waals surface area contributed by atoms with Crippen molar-refractivity contribution in [2.75, 3.05) is 0 Å². The highest BCUT2D eigenvalue weighted by atomic mass is 14.2. The number of fused-ring (bicyclic) bond motifs is 4. The van der Waals surface area contributed by atoms with Gasteiger partial charge in [-0.2, -0.15) is 0 Å². The van der Waals surface area contributed by atoms with Crippen LogP contribution in [-0.2, 0) is 0 Å². The van der Waals surface area contributed by atoms with Crippen LogP contribution in [0.15, 0.2) is 206 Å². The molecule has 242 valence electrons. The Morgan fingerprint density at radius 1 is 0.269 bits per heavy atom. The van der Waals surface area contributed by atoms with Crippen LogP contribution in [0.5, 0.6) is 0 Å². The minimum atomic E-state index is -0.790. The summed E-state index contributed by atoms with van der Waals surface area (Å²) in [5.74, 6) is 0. The van der Waals surface area contributed by atoms with Crippen molar-refractivity contribution in [2.24, 2.45) is 0 Å². The predicted octanol–water partition coefficient (Wildman–Crippen LogP) is 14.6.